The predicted molar refractivity (Wildman–Crippen MR) is 229 cm³/mol. The van der Waals surface area contributed by atoms with Crippen molar-refractivity contribution in [1.82, 2.24) is 0 Å². The molecule has 0 aromatic heterocycles. The second-order valence-corrected chi connectivity index (χ2v) is 16.8. The van der Waals surface area contributed by atoms with Crippen LogP contribution in [-0.2, 0) is 32.7 Å². The molecule has 0 aromatic carbocycles. The highest BCUT2D eigenvalue weighted by Gasteiger charge is 2.27. The minimum absolute atomic E-state index is 0.0198. The SMILES string of the molecule is CC/C=C\C/C=C\C/C=C\C/C=C\CCCCC(=O)OC(COC(=O)CCCCCCC/C=C\CCCCCCCCC)COP(=O)(O)OCC[N+](C)(C)C. The Labute approximate surface area is 336 Å². The molecule has 2 unspecified atom stereocenters. The Morgan fingerprint density at radius 3 is 1.60 bits per heavy atom. The van der Waals surface area contributed by atoms with E-state index in [4.69, 9.17) is 18.5 Å². The molecule has 10 heteroatoms. The van der Waals surface area contributed by atoms with Crippen LogP contribution in [0.5, 0.6) is 0 Å². The van der Waals surface area contributed by atoms with Gasteiger partial charge in [-0.1, -0.05) is 132 Å². The molecule has 0 amide bonds. The van der Waals surface area contributed by atoms with Crippen LogP contribution in [0, 0.1) is 0 Å². The number of carbonyl (C=O) groups is 2. The first-order valence-corrected chi connectivity index (χ1v) is 23.0. The lowest BCUT2D eigenvalue weighted by molar-refractivity contribution is -0.870. The molecule has 318 valence electrons. The first-order valence-electron chi connectivity index (χ1n) is 21.5. The lowest BCUT2D eigenvalue weighted by atomic mass is 10.1. The second kappa shape index (κ2) is 37.3. The summed E-state index contributed by atoms with van der Waals surface area (Å²) in [5, 5.41) is 0. The van der Waals surface area contributed by atoms with Gasteiger partial charge < -0.3 is 18.9 Å². The largest absolute Gasteiger partial charge is 0.472 e. The van der Waals surface area contributed by atoms with Gasteiger partial charge in [0.1, 0.15) is 19.8 Å². The molecule has 1 N–H and O–H groups in total. The zero-order valence-corrected chi connectivity index (χ0v) is 36.5. The molecule has 0 aromatic rings. The molecular formula is C45H81NO8P+. The van der Waals surface area contributed by atoms with Crippen LogP contribution in [0.1, 0.15) is 162 Å². The summed E-state index contributed by atoms with van der Waals surface area (Å²) in [6.07, 6.45) is 44.1. The molecule has 0 bridgehead atoms. The van der Waals surface area contributed by atoms with Crippen molar-refractivity contribution in [3.8, 4) is 0 Å². The van der Waals surface area contributed by atoms with Crippen molar-refractivity contribution in [2.24, 2.45) is 0 Å². The van der Waals surface area contributed by atoms with Gasteiger partial charge in [-0.15, -0.1) is 0 Å². The molecule has 0 rings (SSSR count). The van der Waals surface area contributed by atoms with Crippen LogP contribution in [-0.4, -0.2) is 74.9 Å². The predicted octanol–water partition coefficient (Wildman–Crippen LogP) is 12.1. The number of carbonyl (C=O) groups excluding carboxylic acids is 2. The lowest BCUT2D eigenvalue weighted by Gasteiger charge is -2.24. The smallest absolute Gasteiger partial charge is 0.462 e. The summed E-state index contributed by atoms with van der Waals surface area (Å²) in [6.45, 7) is 4.23. The van der Waals surface area contributed by atoms with Gasteiger partial charge in [0.15, 0.2) is 6.10 Å². The normalized spacial score (nSPS) is 14.2. The van der Waals surface area contributed by atoms with Crippen molar-refractivity contribution in [3.05, 3.63) is 60.8 Å². The lowest BCUT2D eigenvalue weighted by Crippen LogP contribution is -2.37. The molecule has 0 aliphatic heterocycles. The topological polar surface area (TPSA) is 108 Å². The Morgan fingerprint density at radius 1 is 0.582 bits per heavy atom. The van der Waals surface area contributed by atoms with Gasteiger partial charge in [0.2, 0.25) is 0 Å². The number of nitrogens with zero attached hydrogens (tertiary/aromatic N) is 1. The fourth-order valence-electron chi connectivity index (χ4n) is 5.41. The molecule has 0 heterocycles. The first kappa shape index (κ1) is 52.7. The number of esters is 2. The monoisotopic (exact) mass is 795 g/mol. The van der Waals surface area contributed by atoms with Crippen molar-refractivity contribution in [2.45, 2.75) is 168 Å². The Hall–Kier alpha value is -2.29. The number of ether oxygens (including phenoxy) is 2. The van der Waals surface area contributed by atoms with E-state index in [0.717, 1.165) is 77.0 Å². The van der Waals surface area contributed by atoms with Crippen LogP contribution in [0.4, 0.5) is 0 Å². The molecule has 0 radical (unpaired) electrons. The van der Waals surface area contributed by atoms with Crippen molar-refractivity contribution in [1.29, 1.82) is 0 Å². The highest BCUT2D eigenvalue weighted by atomic mass is 31.2. The van der Waals surface area contributed by atoms with Crippen molar-refractivity contribution >= 4 is 19.8 Å². The van der Waals surface area contributed by atoms with Crippen molar-refractivity contribution in [2.75, 3.05) is 47.5 Å². The summed E-state index contributed by atoms with van der Waals surface area (Å²) in [4.78, 5) is 35.3. The fraction of sp³-hybridized carbons (Fsp3) is 0.733. The summed E-state index contributed by atoms with van der Waals surface area (Å²) >= 11 is 0. The minimum atomic E-state index is -4.39. The van der Waals surface area contributed by atoms with E-state index >= 15 is 0 Å². The Morgan fingerprint density at radius 2 is 1.04 bits per heavy atom. The average Bonchev–Trinajstić information content (AvgIpc) is 3.13. The number of phosphoric acid groups is 1. The average molecular weight is 795 g/mol. The Balaban J connectivity index is 4.46. The standard InChI is InChI=1S/C45H80NO8P/c1-6-8-10-12-14-16-18-20-22-24-25-27-29-31-33-35-37-44(47)51-41-43(42-53-55(49,50)52-40-39-46(3,4)5)54-45(48)38-36-34-32-30-28-26-23-21-19-17-15-13-11-9-7-2/h9,11,15,17,21-24,28,30,43H,6-8,10,12-14,16,18-20,25-27,29,31-42H2,1-5H3/p+1/b11-9-,17-15-,23-21-,24-22-,30-28-. The number of hydrogen-bond acceptors (Lipinski definition) is 7. The summed E-state index contributed by atoms with van der Waals surface area (Å²) in [7, 11) is 1.44. The summed E-state index contributed by atoms with van der Waals surface area (Å²) in [5.41, 5.74) is 0. The van der Waals surface area contributed by atoms with Crippen LogP contribution >= 0.6 is 7.82 Å². The van der Waals surface area contributed by atoms with Gasteiger partial charge in [-0.2, -0.15) is 0 Å². The van der Waals surface area contributed by atoms with E-state index in [1.54, 1.807) is 0 Å². The van der Waals surface area contributed by atoms with Crippen LogP contribution in [0.3, 0.4) is 0 Å². The van der Waals surface area contributed by atoms with E-state index < -0.39 is 32.5 Å². The van der Waals surface area contributed by atoms with Crippen LogP contribution in [0.25, 0.3) is 0 Å². The minimum Gasteiger partial charge on any atom is -0.462 e. The van der Waals surface area contributed by atoms with Gasteiger partial charge in [-0.25, -0.2) is 4.57 Å². The summed E-state index contributed by atoms with van der Waals surface area (Å²) < 4.78 is 34.2. The molecule has 0 saturated heterocycles. The van der Waals surface area contributed by atoms with Crippen molar-refractivity contribution < 1.29 is 42.1 Å². The van der Waals surface area contributed by atoms with Crippen LogP contribution in [0.2, 0.25) is 0 Å². The first-order chi connectivity index (χ1) is 26.5. The zero-order chi connectivity index (χ0) is 40.7. The fourth-order valence-corrected chi connectivity index (χ4v) is 6.15. The van der Waals surface area contributed by atoms with Crippen LogP contribution < -0.4 is 0 Å². The van der Waals surface area contributed by atoms with Gasteiger partial charge in [-0.05, 0) is 77.0 Å². The number of likely N-dealkylation sites (N-methyl/N-ethyl adjacent to an activating group) is 1. The second-order valence-electron chi connectivity index (χ2n) is 15.3. The number of phosphoric ester groups is 1. The van der Waals surface area contributed by atoms with Gasteiger partial charge >= 0.3 is 19.8 Å². The van der Waals surface area contributed by atoms with Gasteiger partial charge in [-0.3, -0.25) is 18.6 Å². The highest BCUT2D eigenvalue weighted by Crippen LogP contribution is 2.43. The zero-order valence-electron chi connectivity index (χ0n) is 35.6. The number of allylic oxidation sites excluding steroid dienone is 10. The summed E-state index contributed by atoms with van der Waals surface area (Å²) in [5.74, 6) is -0.861. The van der Waals surface area contributed by atoms with E-state index in [1.807, 2.05) is 21.1 Å². The van der Waals surface area contributed by atoms with Crippen molar-refractivity contribution in [3.63, 3.8) is 0 Å². The molecule has 9 nitrogen and oxygen atoms in total. The number of rotatable bonds is 38. The van der Waals surface area contributed by atoms with E-state index in [0.29, 0.717) is 17.4 Å². The highest BCUT2D eigenvalue weighted by molar-refractivity contribution is 7.47. The van der Waals surface area contributed by atoms with E-state index in [1.165, 1.54) is 51.4 Å². The quantitative estimate of drug-likeness (QED) is 0.0216. The maximum absolute atomic E-state index is 12.7. The maximum atomic E-state index is 12.7. The number of unbranched alkanes of at least 4 members (excludes halogenated alkanes) is 14. The molecule has 0 aliphatic rings. The van der Waals surface area contributed by atoms with Gasteiger partial charge in [0.25, 0.3) is 0 Å². The third-order valence-electron chi connectivity index (χ3n) is 8.78. The molecule has 0 fully saturated rings. The molecule has 55 heavy (non-hydrogen) atoms. The molecule has 0 aliphatic carbocycles. The third-order valence-corrected chi connectivity index (χ3v) is 9.77. The maximum Gasteiger partial charge on any atom is 0.472 e. The molecule has 0 spiro atoms. The van der Waals surface area contributed by atoms with E-state index in [9.17, 15) is 19.0 Å². The summed E-state index contributed by atoms with van der Waals surface area (Å²) in [6, 6.07) is 0. The number of hydrogen-bond donors (Lipinski definition) is 1. The van der Waals surface area contributed by atoms with Crippen LogP contribution in [0.15, 0.2) is 60.8 Å². The molecule has 0 saturated carbocycles. The third kappa shape index (κ3) is 41.2. The van der Waals surface area contributed by atoms with Gasteiger partial charge in [0.05, 0.1) is 27.7 Å². The van der Waals surface area contributed by atoms with E-state index in [-0.39, 0.29) is 26.1 Å². The Kier molecular flexibility index (Phi) is 35.7. The van der Waals surface area contributed by atoms with E-state index in [2.05, 4.69) is 74.6 Å². The molecular weight excluding hydrogens is 713 g/mol. The molecule has 2 atom stereocenters. The Bertz CT molecular complexity index is 1120. The van der Waals surface area contributed by atoms with Gasteiger partial charge in [0, 0.05) is 12.8 Å². The number of quaternary nitrogens is 1.